The number of hydrogen-bond donors (Lipinski definition) is 0. The van der Waals surface area contributed by atoms with Crippen molar-refractivity contribution < 1.29 is 9.18 Å². The van der Waals surface area contributed by atoms with E-state index in [1.54, 1.807) is 12.1 Å². The summed E-state index contributed by atoms with van der Waals surface area (Å²) in [5.74, 6) is -0.346. The highest BCUT2D eigenvalue weighted by molar-refractivity contribution is 6.04. The molecule has 30 heavy (non-hydrogen) atoms. The first-order chi connectivity index (χ1) is 14.4. The van der Waals surface area contributed by atoms with E-state index in [9.17, 15) is 9.18 Å². The van der Waals surface area contributed by atoms with Crippen LogP contribution in [0.4, 0.5) is 4.39 Å². The third-order valence-electron chi connectivity index (χ3n) is 6.41. The van der Waals surface area contributed by atoms with E-state index in [4.69, 9.17) is 5.10 Å². The number of carbonyl (C=O) groups is 1. The van der Waals surface area contributed by atoms with Crippen molar-refractivity contribution in [2.24, 2.45) is 5.10 Å². The Morgan fingerprint density at radius 1 is 1.17 bits per heavy atom. The number of hydrazone groups is 1. The van der Waals surface area contributed by atoms with Gasteiger partial charge in [0.15, 0.2) is 0 Å². The average Bonchev–Trinajstić information content (AvgIpc) is 3.17. The van der Waals surface area contributed by atoms with Crippen molar-refractivity contribution in [3.8, 4) is 0 Å². The van der Waals surface area contributed by atoms with Crippen molar-refractivity contribution in [3.05, 3.63) is 70.5 Å². The van der Waals surface area contributed by atoms with Gasteiger partial charge in [0.2, 0.25) is 0 Å². The van der Waals surface area contributed by atoms with Crippen LogP contribution in [-0.4, -0.2) is 40.7 Å². The van der Waals surface area contributed by atoms with Crippen LogP contribution < -0.4 is 0 Å². The summed E-state index contributed by atoms with van der Waals surface area (Å²) in [5, 5.41) is 6.30. The third kappa shape index (κ3) is 4.17. The van der Waals surface area contributed by atoms with Crippen LogP contribution in [0.3, 0.4) is 0 Å². The van der Waals surface area contributed by atoms with Gasteiger partial charge in [0.1, 0.15) is 5.82 Å². The number of aryl methyl sites for hydroxylation is 2. The molecule has 2 aromatic carbocycles. The number of likely N-dealkylation sites (tertiary alicyclic amines) is 1. The summed E-state index contributed by atoms with van der Waals surface area (Å²) in [7, 11) is 0. The van der Waals surface area contributed by atoms with Gasteiger partial charge >= 0.3 is 0 Å². The van der Waals surface area contributed by atoms with E-state index in [2.05, 4.69) is 36.9 Å². The highest BCUT2D eigenvalue weighted by atomic mass is 19.1. The summed E-state index contributed by atoms with van der Waals surface area (Å²) in [6.07, 6.45) is 3.96. The summed E-state index contributed by atoms with van der Waals surface area (Å²) < 4.78 is 14.7. The Bertz CT molecular complexity index is 971. The number of rotatable bonds is 4. The Hall–Kier alpha value is -2.53. The van der Waals surface area contributed by atoms with Crippen molar-refractivity contribution in [1.82, 2.24) is 9.91 Å². The molecule has 2 heterocycles. The van der Waals surface area contributed by atoms with Gasteiger partial charge in [-0.1, -0.05) is 42.3 Å². The topological polar surface area (TPSA) is 35.9 Å². The smallest absolute Gasteiger partial charge is 0.257 e. The summed E-state index contributed by atoms with van der Waals surface area (Å²) >= 11 is 0. The number of nitrogens with zero attached hydrogens (tertiary/aromatic N) is 3. The first-order valence-corrected chi connectivity index (χ1v) is 10.9. The van der Waals surface area contributed by atoms with Crippen LogP contribution in [-0.2, 0) is 4.79 Å². The lowest BCUT2D eigenvalue weighted by Crippen LogP contribution is -2.44. The molecule has 1 fully saturated rings. The lowest BCUT2D eigenvalue weighted by molar-refractivity contribution is -0.135. The van der Waals surface area contributed by atoms with Crippen molar-refractivity contribution in [1.29, 1.82) is 0 Å². The fourth-order valence-corrected chi connectivity index (χ4v) is 4.58. The Balaban J connectivity index is 1.67. The highest BCUT2D eigenvalue weighted by Crippen LogP contribution is 2.35. The minimum Gasteiger partial charge on any atom is -0.292 e. The SMILES string of the molecule is Cc1ccc(C)c(C2=NN(C(=O)CN3CCCCC3C)C(c3ccccc3F)C2)c1. The molecular formula is C25H30FN3O. The van der Waals surface area contributed by atoms with E-state index in [1.165, 1.54) is 17.5 Å². The van der Waals surface area contributed by atoms with Crippen LogP contribution in [0.5, 0.6) is 0 Å². The molecule has 1 amide bonds. The number of carbonyl (C=O) groups excluding carboxylic acids is 1. The Kier molecular flexibility index (Phi) is 6.00. The minimum absolute atomic E-state index is 0.0580. The fourth-order valence-electron chi connectivity index (χ4n) is 4.58. The maximum absolute atomic E-state index is 14.7. The molecule has 0 saturated carbocycles. The van der Waals surface area contributed by atoms with E-state index in [0.717, 1.165) is 41.8 Å². The molecule has 2 aromatic rings. The molecule has 0 spiro atoms. The molecule has 2 unspecified atom stereocenters. The summed E-state index contributed by atoms with van der Waals surface area (Å²) in [6, 6.07) is 13.0. The number of amides is 1. The molecule has 2 atom stereocenters. The van der Waals surface area contributed by atoms with E-state index < -0.39 is 6.04 Å². The number of piperidine rings is 1. The van der Waals surface area contributed by atoms with Crippen LogP contribution in [0.2, 0.25) is 0 Å². The van der Waals surface area contributed by atoms with E-state index >= 15 is 0 Å². The van der Waals surface area contributed by atoms with Gasteiger partial charge in [-0.05, 0) is 57.9 Å². The molecule has 0 radical (unpaired) electrons. The van der Waals surface area contributed by atoms with E-state index in [-0.39, 0.29) is 11.7 Å². The lowest BCUT2D eigenvalue weighted by atomic mass is 9.95. The van der Waals surface area contributed by atoms with Gasteiger partial charge in [0, 0.05) is 23.6 Å². The normalized spacial score (nSPS) is 22.3. The van der Waals surface area contributed by atoms with Crippen molar-refractivity contribution in [2.75, 3.05) is 13.1 Å². The molecule has 1 saturated heterocycles. The highest BCUT2D eigenvalue weighted by Gasteiger charge is 2.36. The standard InChI is InChI=1S/C25H30FN3O/c1-17-11-12-18(2)21(14-17)23-15-24(20-9-4-5-10-22(20)26)29(27-23)25(30)16-28-13-7-6-8-19(28)3/h4-5,9-12,14,19,24H,6-8,13,15-16H2,1-3H3. The van der Waals surface area contributed by atoms with Crippen LogP contribution in [0.1, 0.15) is 60.9 Å². The molecule has 2 aliphatic heterocycles. The molecule has 4 nitrogen and oxygen atoms in total. The molecule has 0 aromatic heterocycles. The van der Waals surface area contributed by atoms with Crippen LogP contribution in [0, 0.1) is 19.7 Å². The Morgan fingerprint density at radius 2 is 1.97 bits per heavy atom. The van der Waals surface area contributed by atoms with Gasteiger partial charge in [-0.3, -0.25) is 9.69 Å². The second-order valence-corrected chi connectivity index (χ2v) is 8.66. The van der Waals surface area contributed by atoms with Crippen molar-refractivity contribution in [3.63, 3.8) is 0 Å². The first kappa shape index (κ1) is 20.7. The van der Waals surface area contributed by atoms with Gasteiger partial charge in [-0.25, -0.2) is 9.40 Å². The molecule has 0 aliphatic carbocycles. The predicted molar refractivity (Wildman–Crippen MR) is 118 cm³/mol. The first-order valence-electron chi connectivity index (χ1n) is 10.9. The molecule has 5 heteroatoms. The molecular weight excluding hydrogens is 377 g/mol. The summed E-state index contributed by atoms with van der Waals surface area (Å²) in [6.45, 7) is 7.53. The summed E-state index contributed by atoms with van der Waals surface area (Å²) in [5.41, 5.74) is 4.68. The van der Waals surface area contributed by atoms with Crippen LogP contribution in [0.15, 0.2) is 47.6 Å². The molecule has 0 bridgehead atoms. The second-order valence-electron chi connectivity index (χ2n) is 8.66. The van der Waals surface area contributed by atoms with Gasteiger partial charge in [-0.15, -0.1) is 0 Å². The van der Waals surface area contributed by atoms with Crippen molar-refractivity contribution in [2.45, 2.75) is 58.5 Å². The average molecular weight is 408 g/mol. The molecule has 2 aliphatic rings. The number of hydrogen-bond acceptors (Lipinski definition) is 3. The van der Waals surface area contributed by atoms with Crippen LogP contribution >= 0.6 is 0 Å². The summed E-state index contributed by atoms with van der Waals surface area (Å²) in [4.78, 5) is 15.6. The lowest BCUT2D eigenvalue weighted by Gasteiger charge is -2.34. The molecule has 4 rings (SSSR count). The monoisotopic (exact) mass is 407 g/mol. The Labute approximate surface area is 178 Å². The van der Waals surface area contributed by atoms with Gasteiger partial charge in [-0.2, -0.15) is 5.10 Å². The Morgan fingerprint density at radius 3 is 2.73 bits per heavy atom. The van der Waals surface area contributed by atoms with Crippen LogP contribution in [0.25, 0.3) is 0 Å². The largest absolute Gasteiger partial charge is 0.292 e. The van der Waals surface area contributed by atoms with Crippen molar-refractivity contribution >= 4 is 11.6 Å². The van der Waals surface area contributed by atoms with Gasteiger partial charge in [0.05, 0.1) is 18.3 Å². The third-order valence-corrected chi connectivity index (χ3v) is 6.41. The zero-order valence-electron chi connectivity index (χ0n) is 18.1. The number of halogens is 1. The zero-order valence-corrected chi connectivity index (χ0v) is 18.1. The number of benzene rings is 2. The van der Waals surface area contributed by atoms with E-state index in [1.807, 2.05) is 13.0 Å². The minimum atomic E-state index is -0.409. The zero-order chi connectivity index (χ0) is 21.3. The predicted octanol–water partition coefficient (Wildman–Crippen LogP) is 4.99. The fraction of sp³-hybridized carbons (Fsp3) is 0.440. The van der Waals surface area contributed by atoms with E-state index in [0.29, 0.717) is 24.6 Å². The maximum atomic E-state index is 14.7. The molecule has 158 valence electrons. The molecule has 0 N–H and O–H groups in total. The second kappa shape index (κ2) is 8.68. The maximum Gasteiger partial charge on any atom is 0.257 e. The quantitative estimate of drug-likeness (QED) is 0.715. The van der Waals surface area contributed by atoms with Gasteiger partial charge in [0.25, 0.3) is 5.91 Å². The van der Waals surface area contributed by atoms with Gasteiger partial charge < -0.3 is 0 Å².